The molecule has 10 nitrogen and oxygen atoms in total. The highest BCUT2D eigenvalue weighted by Crippen LogP contribution is 2.35. The molecule has 0 radical (unpaired) electrons. The lowest BCUT2D eigenvalue weighted by Gasteiger charge is -2.28. The molecule has 2 aromatic heterocycles. The van der Waals surface area contributed by atoms with Crippen LogP contribution in [0.25, 0.3) is 11.0 Å². The molecule has 3 amide bonds. The first-order valence-electron chi connectivity index (χ1n) is 11.4. The second-order valence-corrected chi connectivity index (χ2v) is 9.34. The van der Waals surface area contributed by atoms with Crippen molar-refractivity contribution in [2.24, 2.45) is 11.8 Å². The lowest BCUT2D eigenvalue weighted by Crippen LogP contribution is -2.35. The number of aromatic nitrogens is 1. The highest BCUT2D eigenvalue weighted by Gasteiger charge is 2.32. The Bertz CT molecular complexity index is 1330. The van der Waals surface area contributed by atoms with E-state index >= 15 is 0 Å². The third-order valence-corrected chi connectivity index (χ3v) is 6.47. The van der Waals surface area contributed by atoms with Crippen LogP contribution in [-0.2, 0) is 9.59 Å². The molecule has 1 saturated carbocycles. The fraction of sp³-hybridized carbons (Fsp3) is 0.320. The third-order valence-electron chi connectivity index (χ3n) is 6.25. The smallest absolute Gasteiger partial charge is 0.335 e. The molecule has 0 unspecified atom stereocenters. The largest absolute Gasteiger partial charge is 0.478 e. The fourth-order valence-electron chi connectivity index (χ4n) is 4.33. The Hall–Kier alpha value is -3.92. The molecule has 3 N–H and O–H groups in total. The van der Waals surface area contributed by atoms with Gasteiger partial charge in [0.15, 0.2) is 0 Å². The lowest BCUT2D eigenvalue weighted by molar-refractivity contribution is -0.135. The number of carbonyl (C=O) groups excluding carboxylic acids is 3. The predicted molar refractivity (Wildman–Crippen MR) is 133 cm³/mol. The Morgan fingerprint density at radius 2 is 1.72 bits per heavy atom. The zero-order chi connectivity index (χ0) is 26.0. The van der Waals surface area contributed by atoms with Crippen molar-refractivity contribution in [1.29, 1.82) is 0 Å². The van der Waals surface area contributed by atoms with Crippen LogP contribution in [0.1, 0.15) is 46.6 Å². The minimum atomic E-state index is -1.16. The SMILES string of the molecule is CN(C)C(=O)C1CCC(C(=O)Nc2c(C(=O)Nc3ccc(Cl)cn3)oc3ccc(C(=O)O)cc23)CC1. The van der Waals surface area contributed by atoms with Crippen molar-refractivity contribution in [3.63, 3.8) is 0 Å². The van der Waals surface area contributed by atoms with Gasteiger partial charge in [-0.3, -0.25) is 14.4 Å². The van der Waals surface area contributed by atoms with Gasteiger partial charge in [-0.15, -0.1) is 0 Å². The van der Waals surface area contributed by atoms with Gasteiger partial charge in [-0.25, -0.2) is 9.78 Å². The average Bonchev–Trinajstić information content (AvgIpc) is 3.22. The first kappa shape index (κ1) is 25.2. The van der Waals surface area contributed by atoms with E-state index in [2.05, 4.69) is 15.6 Å². The van der Waals surface area contributed by atoms with E-state index in [9.17, 15) is 24.3 Å². The van der Waals surface area contributed by atoms with Crippen LogP contribution in [0.15, 0.2) is 40.9 Å². The first-order valence-corrected chi connectivity index (χ1v) is 11.8. The van der Waals surface area contributed by atoms with E-state index in [1.54, 1.807) is 25.1 Å². The van der Waals surface area contributed by atoms with Crippen molar-refractivity contribution in [2.75, 3.05) is 24.7 Å². The van der Waals surface area contributed by atoms with Crippen LogP contribution in [0.3, 0.4) is 0 Å². The molecular weight excluding hydrogens is 488 g/mol. The van der Waals surface area contributed by atoms with E-state index in [1.165, 1.54) is 30.5 Å². The number of anilines is 2. The molecule has 3 aromatic rings. The molecule has 4 rings (SSSR count). The molecule has 11 heteroatoms. The summed E-state index contributed by atoms with van der Waals surface area (Å²) in [6.07, 6.45) is 3.57. The Morgan fingerprint density at radius 3 is 2.33 bits per heavy atom. The van der Waals surface area contributed by atoms with Crippen molar-refractivity contribution in [3.8, 4) is 0 Å². The molecule has 2 heterocycles. The van der Waals surface area contributed by atoms with Crippen molar-refractivity contribution >= 4 is 57.8 Å². The number of benzene rings is 1. The minimum absolute atomic E-state index is 0.0205. The van der Waals surface area contributed by atoms with Gasteiger partial charge in [0.2, 0.25) is 17.6 Å². The van der Waals surface area contributed by atoms with E-state index in [-0.39, 0.29) is 57.4 Å². The summed E-state index contributed by atoms with van der Waals surface area (Å²) in [5, 5.41) is 15.5. The fourth-order valence-corrected chi connectivity index (χ4v) is 4.44. The van der Waals surface area contributed by atoms with Crippen molar-refractivity contribution in [2.45, 2.75) is 25.7 Å². The quantitative estimate of drug-likeness (QED) is 0.447. The van der Waals surface area contributed by atoms with Crippen LogP contribution < -0.4 is 10.6 Å². The van der Waals surface area contributed by atoms with Crippen LogP contribution >= 0.6 is 11.6 Å². The van der Waals surface area contributed by atoms with Gasteiger partial charge >= 0.3 is 5.97 Å². The zero-order valence-corrected chi connectivity index (χ0v) is 20.5. The number of carbonyl (C=O) groups is 4. The summed E-state index contributed by atoms with van der Waals surface area (Å²) >= 11 is 5.85. The van der Waals surface area contributed by atoms with Crippen LogP contribution in [-0.4, -0.2) is 52.8 Å². The van der Waals surface area contributed by atoms with E-state index in [1.807, 2.05) is 0 Å². The van der Waals surface area contributed by atoms with E-state index in [4.69, 9.17) is 16.0 Å². The van der Waals surface area contributed by atoms with E-state index < -0.39 is 11.9 Å². The Balaban J connectivity index is 1.60. The second-order valence-electron chi connectivity index (χ2n) is 8.91. The topological polar surface area (TPSA) is 142 Å². The van der Waals surface area contributed by atoms with Gasteiger partial charge in [0, 0.05) is 37.5 Å². The van der Waals surface area contributed by atoms with Gasteiger partial charge in [-0.05, 0) is 56.0 Å². The molecule has 1 aromatic carbocycles. The average molecular weight is 513 g/mol. The normalized spacial score (nSPS) is 17.4. The molecule has 0 aliphatic heterocycles. The number of fused-ring (bicyclic) bond motifs is 1. The molecule has 1 aliphatic carbocycles. The maximum atomic E-state index is 13.2. The maximum absolute atomic E-state index is 13.2. The Labute approximate surface area is 211 Å². The third kappa shape index (κ3) is 5.33. The number of nitrogens with one attached hydrogen (secondary N) is 2. The first-order chi connectivity index (χ1) is 17.1. The standard InChI is InChI=1S/C25H25ClN4O6/c1-30(2)24(33)14-5-3-13(4-6-14)22(31)29-20-17-11-15(25(34)35)7-9-18(17)36-21(20)23(32)28-19-10-8-16(26)12-27-19/h7-14H,3-6H2,1-2H3,(H,29,31)(H,34,35)(H,27,28,32). The Morgan fingerprint density at radius 1 is 1.03 bits per heavy atom. The Kier molecular flexibility index (Phi) is 7.25. The number of rotatable bonds is 6. The van der Waals surface area contributed by atoms with Gasteiger partial charge in [0.05, 0.1) is 10.6 Å². The van der Waals surface area contributed by atoms with Crippen LogP contribution in [0.4, 0.5) is 11.5 Å². The number of furan rings is 1. The number of pyridine rings is 1. The molecule has 36 heavy (non-hydrogen) atoms. The monoisotopic (exact) mass is 512 g/mol. The predicted octanol–water partition coefficient (Wildman–Crippen LogP) is 4.26. The van der Waals surface area contributed by atoms with E-state index in [0.29, 0.717) is 30.7 Å². The molecule has 1 aliphatic rings. The molecular formula is C25H25ClN4O6. The maximum Gasteiger partial charge on any atom is 0.335 e. The highest BCUT2D eigenvalue weighted by molar-refractivity contribution is 6.30. The summed E-state index contributed by atoms with van der Waals surface area (Å²) in [6.45, 7) is 0. The summed E-state index contributed by atoms with van der Waals surface area (Å²) in [4.78, 5) is 55.6. The molecule has 0 spiro atoms. The molecule has 0 atom stereocenters. The van der Waals surface area contributed by atoms with Crippen LogP contribution in [0.2, 0.25) is 5.02 Å². The molecule has 0 saturated heterocycles. The number of hydrogen-bond donors (Lipinski definition) is 3. The van der Waals surface area contributed by atoms with Crippen LogP contribution in [0, 0.1) is 11.8 Å². The van der Waals surface area contributed by atoms with Gasteiger partial charge in [-0.2, -0.15) is 0 Å². The number of carboxylic acids is 1. The number of amides is 3. The van der Waals surface area contributed by atoms with Gasteiger partial charge in [-0.1, -0.05) is 11.6 Å². The summed E-state index contributed by atoms with van der Waals surface area (Å²) in [5.74, 6) is -2.56. The van der Waals surface area contributed by atoms with Crippen molar-refractivity contribution in [3.05, 3.63) is 52.9 Å². The number of carboxylic acid groups (broad SMARTS) is 1. The summed E-state index contributed by atoms with van der Waals surface area (Å²) < 4.78 is 5.73. The van der Waals surface area contributed by atoms with Crippen molar-refractivity contribution < 1.29 is 28.7 Å². The molecule has 1 fully saturated rings. The summed E-state index contributed by atoms with van der Waals surface area (Å²) in [5.41, 5.74) is 0.300. The lowest BCUT2D eigenvalue weighted by atomic mass is 9.81. The van der Waals surface area contributed by atoms with Crippen LogP contribution in [0.5, 0.6) is 0 Å². The summed E-state index contributed by atoms with van der Waals surface area (Å²) in [7, 11) is 3.42. The van der Waals surface area contributed by atoms with Gasteiger partial charge in [0.1, 0.15) is 17.1 Å². The van der Waals surface area contributed by atoms with Gasteiger partial charge < -0.3 is 25.1 Å². The molecule has 188 valence electrons. The van der Waals surface area contributed by atoms with Crippen molar-refractivity contribution in [1.82, 2.24) is 9.88 Å². The minimum Gasteiger partial charge on any atom is -0.478 e. The number of halogens is 1. The zero-order valence-electron chi connectivity index (χ0n) is 19.7. The van der Waals surface area contributed by atoms with E-state index in [0.717, 1.165) is 0 Å². The number of nitrogens with zero attached hydrogens (tertiary/aromatic N) is 2. The molecule has 0 bridgehead atoms. The number of hydrogen-bond acceptors (Lipinski definition) is 6. The highest BCUT2D eigenvalue weighted by atomic mass is 35.5. The number of aromatic carboxylic acids is 1. The summed E-state index contributed by atoms with van der Waals surface area (Å²) in [6, 6.07) is 7.20. The second kappa shape index (κ2) is 10.4. The van der Waals surface area contributed by atoms with Gasteiger partial charge in [0.25, 0.3) is 5.91 Å².